The van der Waals surface area contributed by atoms with Crippen LogP contribution in [0, 0.1) is 0 Å². The van der Waals surface area contributed by atoms with Crippen molar-refractivity contribution in [2.75, 3.05) is 45.4 Å². The number of ether oxygens (including phenoxy) is 3. The molecule has 5 rings (SSSR count). The molecule has 0 spiro atoms. The number of nitrogens with one attached hydrogen (secondary N) is 1. The van der Waals surface area contributed by atoms with Crippen molar-refractivity contribution in [2.45, 2.75) is 11.4 Å². The largest absolute Gasteiger partial charge is 0.454 e. The van der Waals surface area contributed by atoms with Gasteiger partial charge in [-0.25, -0.2) is 4.98 Å². The SMILES string of the molecule is c1ccc(Cc2cc3cc4c(cc3nc2SCC[NH+]2CCOCC2)OCO4)cc1. The predicted octanol–water partition coefficient (Wildman–Crippen LogP) is 2.56. The zero-order valence-electron chi connectivity index (χ0n) is 16.4. The van der Waals surface area contributed by atoms with Gasteiger partial charge >= 0.3 is 0 Å². The number of benzene rings is 2. The summed E-state index contributed by atoms with van der Waals surface area (Å²) >= 11 is 1.86. The number of pyridine rings is 1. The van der Waals surface area contributed by atoms with Crippen molar-refractivity contribution in [2.24, 2.45) is 0 Å². The molecule has 1 fully saturated rings. The molecule has 0 unspecified atom stereocenters. The fraction of sp³-hybridized carbons (Fsp3) is 0.348. The van der Waals surface area contributed by atoms with Gasteiger partial charge in [0.1, 0.15) is 18.1 Å². The summed E-state index contributed by atoms with van der Waals surface area (Å²) in [4.78, 5) is 6.65. The van der Waals surface area contributed by atoms with E-state index in [1.54, 1.807) is 4.90 Å². The van der Waals surface area contributed by atoms with Gasteiger partial charge in [-0.15, -0.1) is 11.8 Å². The summed E-state index contributed by atoms with van der Waals surface area (Å²) in [5.41, 5.74) is 3.53. The smallest absolute Gasteiger partial charge is 0.231 e. The Bertz CT molecular complexity index is 990. The van der Waals surface area contributed by atoms with Crippen LogP contribution in [-0.2, 0) is 11.2 Å². The third-order valence-corrected chi connectivity index (χ3v) is 6.52. The van der Waals surface area contributed by atoms with E-state index in [-0.39, 0.29) is 6.79 Å². The molecule has 2 aromatic carbocycles. The first kappa shape index (κ1) is 18.7. The molecule has 2 aliphatic rings. The Morgan fingerprint density at radius 2 is 1.76 bits per heavy atom. The second-order valence-corrected chi connectivity index (χ2v) is 8.56. The second kappa shape index (κ2) is 8.61. The predicted molar refractivity (Wildman–Crippen MR) is 114 cm³/mol. The molecule has 1 aromatic heterocycles. The van der Waals surface area contributed by atoms with Gasteiger partial charge in [0.15, 0.2) is 11.5 Å². The zero-order valence-corrected chi connectivity index (χ0v) is 17.2. The summed E-state index contributed by atoms with van der Waals surface area (Å²) in [6.07, 6.45) is 0.880. The molecule has 3 aromatic rings. The fourth-order valence-corrected chi connectivity index (χ4v) is 4.92. The normalized spacial score (nSPS) is 16.4. The summed E-state index contributed by atoms with van der Waals surface area (Å²) in [6, 6.07) is 16.9. The Morgan fingerprint density at radius 1 is 0.966 bits per heavy atom. The molecule has 0 saturated carbocycles. The second-order valence-electron chi connectivity index (χ2n) is 7.47. The van der Waals surface area contributed by atoms with Gasteiger partial charge in [-0.1, -0.05) is 30.3 Å². The standard InChI is InChI=1S/C23H24N2O3S/c1-2-4-17(5-3-1)12-19-13-18-14-21-22(28-16-27-21)15-20(18)24-23(19)29-11-8-25-6-9-26-10-7-25/h1-5,13-15H,6-12,16H2/p+1. The van der Waals surface area contributed by atoms with E-state index in [0.717, 1.165) is 72.4 Å². The first-order valence-corrected chi connectivity index (χ1v) is 11.1. The third kappa shape index (κ3) is 4.34. The Labute approximate surface area is 175 Å². The summed E-state index contributed by atoms with van der Waals surface area (Å²) in [7, 11) is 0. The number of morpholine rings is 1. The highest BCUT2D eigenvalue weighted by molar-refractivity contribution is 7.99. The minimum atomic E-state index is 0.284. The summed E-state index contributed by atoms with van der Waals surface area (Å²) in [6.45, 7) is 5.38. The number of fused-ring (bicyclic) bond motifs is 2. The molecule has 0 amide bonds. The maximum Gasteiger partial charge on any atom is 0.231 e. The Hall–Kier alpha value is -2.28. The first-order chi connectivity index (χ1) is 14.3. The van der Waals surface area contributed by atoms with Crippen LogP contribution in [0.2, 0.25) is 0 Å². The lowest BCUT2D eigenvalue weighted by Crippen LogP contribution is -3.14. The highest BCUT2D eigenvalue weighted by Crippen LogP contribution is 2.37. The van der Waals surface area contributed by atoms with Crippen molar-refractivity contribution in [3.05, 3.63) is 59.7 Å². The molecular weight excluding hydrogens is 384 g/mol. The van der Waals surface area contributed by atoms with E-state index in [2.05, 4.69) is 36.4 Å². The molecule has 5 nitrogen and oxygen atoms in total. The minimum absolute atomic E-state index is 0.284. The van der Waals surface area contributed by atoms with Crippen LogP contribution in [0.3, 0.4) is 0 Å². The lowest BCUT2D eigenvalue weighted by Gasteiger charge is -2.23. The van der Waals surface area contributed by atoms with Crippen LogP contribution in [0.1, 0.15) is 11.1 Å². The van der Waals surface area contributed by atoms with E-state index >= 15 is 0 Å². The van der Waals surface area contributed by atoms with E-state index in [1.807, 2.05) is 23.9 Å². The molecule has 0 atom stereocenters. The number of aromatic nitrogens is 1. The van der Waals surface area contributed by atoms with Gasteiger partial charge in [0.05, 0.1) is 25.3 Å². The molecule has 3 heterocycles. The van der Waals surface area contributed by atoms with Crippen molar-refractivity contribution in [3.8, 4) is 11.5 Å². The van der Waals surface area contributed by atoms with E-state index in [0.29, 0.717) is 0 Å². The van der Waals surface area contributed by atoms with Crippen molar-refractivity contribution in [1.29, 1.82) is 0 Å². The molecule has 0 bridgehead atoms. The molecule has 1 N–H and O–H groups in total. The van der Waals surface area contributed by atoms with E-state index in [9.17, 15) is 0 Å². The molecule has 1 saturated heterocycles. The van der Waals surface area contributed by atoms with Crippen molar-refractivity contribution in [1.82, 2.24) is 4.98 Å². The Kier molecular flexibility index (Phi) is 5.56. The molecular formula is C23H25N2O3S+. The molecule has 0 aliphatic carbocycles. The number of rotatable bonds is 6. The van der Waals surface area contributed by atoms with Crippen LogP contribution in [-0.4, -0.2) is 50.4 Å². The zero-order chi connectivity index (χ0) is 19.5. The van der Waals surface area contributed by atoms with Crippen molar-refractivity contribution < 1.29 is 19.1 Å². The lowest BCUT2D eigenvalue weighted by atomic mass is 10.0. The number of quaternary nitrogens is 1. The van der Waals surface area contributed by atoms with E-state index < -0.39 is 0 Å². The van der Waals surface area contributed by atoms with E-state index in [4.69, 9.17) is 19.2 Å². The maximum absolute atomic E-state index is 5.56. The van der Waals surface area contributed by atoms with Crippen LogP contribution in [0.15, 0.2) is 53.6 Å². The van der Waals surface area contributed by atoms with Crippen LogP contribution in [0.4, 0.5) is 0 Å². The van der Waals surface area contributed by atoms with E-state index in [1.165, 1.54) is 11.1 Å². The van der Waals surface area contributed by atoms with Crippen LogP contribution < -0.4 is 14.4 Å². The highest BCUT2D eigenvalue weighted by Gasteiger charge is 2.18. The summed E-state index contributed by atoms with van der Waals surface area (Å²) in [5.74, 6) is 2.65. The Morgan fingerprint density at radius 3 is 2.59 bits per heavy atom. The first-order valence-electron chi connectivity index (χ1n) is 10.2. The average molecular weight is 410 g/mol. The molecule has 29 heavy (non-hydrogen) atoms. The fourth-order valence-electron chi connectivity index (χ4n) is 3.86. The van der Waals surface area contributed by atoms with Crippen LogP contribution in [0.5, 0.6) is 11.5 Å². The lowest BCUT2D eigenvalue weighted by molar-refractivity contribution is -0.905. The maximum atomic E-state index is 5.56. The topological polar surface area (TPSA) is 45.0 Å². The molecule has 0 radical (unpaired) electrons. The summed E-state index contributed by atoms with van der Waals surface area (Å²) < 4.78 is 16.6. The number of hydrogen-bond acceptors (Lipinski definition) is 5. The van der Waals surface area contributed by atoms with Crippen LogP contribution >= 0.6 is 11.8 Å². The minimum Gasteiger partial charge on any atom is -0.454 e. The Balaban J connectivity index is 1.42. The van der Waals surface area contributed by atoms with Crippen LogP contribution in [0.25, 0.3) is 10.9 Å². The number of nitrogens with zero attached hydrogens (tertiary/aromatic N) is 1. The van der Waals surface area contributed by atoms with Crippen molar-refractivity contribution in [3.63, 3.8) is 0 Å². The monoisotopic (exact) mass is 409 g/mol. The third-order valence-electron chi connectivity index (χ3n) is 5.48. The quantitative estimate of drug-likeness (QED) is 0.634. The van der Waals surface area contributed by atoms with Crippen molar-refractivity contribution >= 4 is 22.7 Å². The van der Waals surface area contributed by atoms with Gasteiger partial charge in [0, 0.05) is 23.6 Å². The average Bonchev–Trinajstić information content (AvgIpc) is 3.21. The van der Waals surface area contributed by atoms with Gasteiger partial charge in [0.2, 0.25) is 6.79 Å². The molecule has 6 heteroatoms. The van der Waals surface area contributed by atoms with Gasteiger partial charge in [0.25, 0.3) is 0 Å². The highest BCUT2D eigenvalue weighted by atomic mass is 32.2. The number of thioether (sulfide) groups is 1. The van der Waals surface area contributed by atoms with Gasteiger partial charge in [-0.05, 0) is 23.3 Å². The van der Waals surface area contributed by atoms with Gasteiger partial charge in [-0.2, -0.15) is 0 Å². The number of hydrogen-bond donors (Lipinski definition) is 1. The molecule has 2 aliphatic heterocycles. The molecule has 150 valence electrons. The summed E-state index contributed by atoms with van der Waals surface area (Å²) in [5, 5.41) is 2.22. The van der Waals surface area contributed by atoms with Gasteiger partial charge in [-0.3, -0.25) is 0 Å². The van der Waals surface area contributed by atoms with Gasteiger partial charge < -0.3 is 19.1 Å².